The number of anilines is 2. The van der Waals surface area contributed by atoms with E-state index in [-0.39, 0.29) is 41.5 Å². The van der Waals surface area contributed by atoms with E-state index in [0.717, 1.165) is 11.1 Å². The summed E-state index contributed by atoms with van der Waals surface area (Å²) in [4.78, 5) is 64.8. The van der Waals surface area contributed by atoms with E-state index in [0.29, 0.717) is 47.0 Å². The maximum atomic E-state index is 14.6. The molecule has 5 aromatic rings. The van der Waals surface area contributed by atoms with Crippen molar-refractivity contribution in [2.45, 2.75) is 32.6 Å². The lowest BCUT2D eigenvalue weighted by atomic mass is 9.51. The molecule has 0 unspecified atom stereocenters. The van der Waals surface area contributed by atoms with Crippen molar-refractivity contribution in [3.63, 3.8) is 0 Å². The Bertz CT molecular complexity index is 2300. The second kappa shape index (κ2) is 11.8. The van der Waals surface area contributed by atoms with Crippen LogP contribution in [0.4, 0.5) is 11.4 Å². The van der Waals surface area contributed by atoms with Crippen molar-refractivity contribution in [2.24, 2.45) is 29.1 Å². The fraction of sp³-hybridized carbons (Fsp3) is 0.262. The first-order valence-corrected chi connectivity index (χ1v) is 17.6. The number of imide groups is 2. The lowest BCUT2D eigenvalue weighted by Gasteiger charge is -2.49. The summed E-state index contributed by atoms with van der Waals surface area (Å²) in [6.07, 6.45) is 2.57. The molecule has 10 nitrogen and oxygen atoms in total. The Morgan fingerprint density at radius 2 is 1.58 bits per heavy atom. The van der Waals surface area contributed by atoms with Crippen molar-refractivity contribution in [1.29, 1.82) is 0 Å². The number of rotatable bonds is 6. The van der Waals surface area contributed by atoms with E-state index < -0.39 is 35.0 Å². The number of benzene rings is 4. The standard InChI is InChI=1S/C42H35N3O7/c1-3-51-34-21-24(15-20-32(34)46)36-27-18-19-28-35(29(27)22-30-39(48)45(41(50)42(30,36)2)25-9-5-4-6-10-25)40(49)44(38(28)47)26-16-13-23(14-17-26)37-43-31-11-7-8-12-33(31)52-37/h4-18,20-21,28-30,35-36,46H,3,19,22H2,1-2H3/t28-,29+,30-,35-,36-,42+/m0/s1. The van der Waals surface area contributed by atoms with Crippen LogP contribution in [-0.4, -0.2) is 40.3 Å². The molecule has 0 bridgehead atoms. The number of carbonyl (C=O) groups is 4. The smallest absolute Gasteiger partial charge is 0.241 e. The third-order valence-corrected chi connectivity index (χ3v) is 11.6. The second-order valence-corrected chi connectivity index (χ2v) is 14.2. The van der Waals surface area contributed by atoms with E-state index in [1.54, 1.807) is 66.7 Å². The van der Waals surface area contributed by atoms with Crippen molar-refractivity contribution in [3.05, 3.63) is 114 Å². The minimum atomic E-state index is -1.20. The average molecular weight is 694 g/mol. The number of phenolic OH excluding ortho intramolecular Hbond substituents is 1. The van der Waals surface area contributed by atoms with Gasteiger partial charge in [0.1, 0.15) is 5.52 Å². The van der Waals surface area contributed by atoms with Crippen LogP contribution in [0.3, 0.4) is 0 Å². The lowest BCUT2D eigenvalue weighted by molar-refractivity contribution is -0.131. The maximum absolute atomic E-state index is 14.6. The molecule has 1 aromatic heterocycles. The van der Waals surface area contributed by atoms with E-state index in [4.69, 9.17) is 9.15 Å². The summed E-state index contributed by atoms with van der Waals surface area (Å²) < 4.78 is 11.7. The summed E-state index contributed by atoms with van der Waals surface area (Å²) in [5.74, 6) is -3.75. The predicted octanol–water partition coefficient (Wildman–Crippen LogP) is 7.03. The third-order valence-electron chi connectivity index (χ3n) is 11.6. The summed E-state index contributed by atoms with van der Waals surface area (Å²) >= 11 is 0. The van der Waals surface area contributed by atoms with Gasteiger partial charge in [-0.2, -0.15) is 0 Å². The van der Waals surface area contributed by atoms with Crippen molar-refractivity contribution in [3.8, 4) is 23.0 Å². The topological polar surface area (TPSA) is 130 Å². The molecule has 4 aromatic carbocycles. The van der Waals surface area contributed by atoms with Gasteiger partial charge in [0.2, 0.25) is 29.5 Å². The number of amides is 4. The van der Waals surface area contributed by atoms with Gasteiger partial charge < -0.3 is 14.3 Å². The molecule has 1 saturated carbocycles. The van der Waals surface area contributed by atoms with Crippen molar-refractivity contribution < 1.29 is 33.4 Å². The van der Waals surface area contributed by atoms with Crippen LogP contribution in [0.2, 0.25) is 0 Å². The van der Waals surface area contributed by atoms with Crippen LogP contribution in [0, 0.1) is 29.1 Å². The van der Waals surface area contributed by atoms with Gasteiger partial charge in [-0.15, -0.1) is 0 Å². The van der Waals surface area contributed by atoms with Gasteiger partial charge in [0.25, 0.3) is 0 Å². The Morgan fingerprint density at radius 1 is 0.846 bits per heavy atom. The van der Waals surface area contributed by atoms with E-state index in [1.807, 2.05) is 50.3 Å². The fourth-order valence-electron chi connectivity index (χ4n) is 9.20. The summed E-state index contributed by atoms with van der Waals surface area (Å²) in [6, 6.07) is 28.4. The van der Waals surface area contributed by atoms with Gasteiger partial charge in [-0.25, -0.2) is 9.88 Å². The normalized spacial score (nSPS) is 26.7. The number of hydrogen-bond donors (Lipinski definition) is 1. The molecular weight excluding hydrogens is 658 g/mol. The zero-order valence-corrected chi connectivity index (χ0v) is 28.6. The molecule has 4 amide bonds. The van der Waals surface area contributed by atoms with Gasteiger partial charge in [-0.1, -0.05) is 48.0 Å². The quantitative estimate of drug-likeness (QED) is 0.148. The van der Waals surface area contributed by atoms with Crippen LogP contribution < -0.4 is 14.5 Å². The van der Waals surface area contributed by atoms with Crippen LogP contribution in [0.25, 0.3) is 22.6 Å². The Hall–Kier alpha value is -6.03. The van der Waals surface area contributed by atoms with Gasteiger partial charge in [0.15, 0.2) is 17.1 Å². The van der Waals surface area contributed by atoms with E-state index in [1.165, 1.54) is 9.80 Å². The maximum Gasteiger partial charge on any atom is 0.241 e. The average Bonchev–Trinajstić information content (AvgIpc) is 3.76. The molecule has 9 rings (SSSR count). The molecule has 3 heterocycles. The Morgan fingerprint density at radius 3 is 2.33 bits per heavy atom. The number of allylic oxidation sites excluding steroid dienone is 2. The molecule has 2 saturated heterocycles. The minimum Gasteiger partial charge on any atom is -0.504 e. The van der Waals surface area contributed by atoms with Crippen molar-refractivity contribution in [1.82, 2.24) is 4.98 Å². The van der Waals surface area contributed by atoms with Gasteiger partial charge >= 0.3 is 0 Å². The summed E-state index contributed by atoms with van der Waals surface area (Å²) in [7, 11) is 0. The van der Waals surface area contributed by atoms with Crippen molar-refractivity contribution in [2.75, 3.05) is 16.4 Å². The number of oxazole rings is 1. The number of phenols is 1. The van der Waals surface area contributed by atoms with E-state index >= 15 is 0 Å². The molecule has 10 heteroatoms. The number of aromatic nitrogens is 1. The van der Waals surface area contributed by atoms with Gasteiger partial charge in [-0.05, 0) is 98.8 Å². The molecular formula is C42H35N3O7. The number of carbonyl (C=O) groups excluding carboxylic acids is 4. The zero-order chi connectivity index (χ0) is 35.9. The minimum absolute atomic E-state index is 0.0357. The molecule has 4 aliphatic rings. The highest BCUT2D eigenvalue weighted by Gasteiger charge is 2.67. The van der Waals surface area contributed by atoms with Crippen LogP contribution >= 0.6 is 0 Å². The molecule has 260 valence electrons. The van der Waals surface area contributed by atoms with Gasteiger partial charge in [0, 0.05) is 11.5 Å². The SMILES string of the molecule is CCOc1cc([C@H]2C3=CC[C@@H]4C(=O)N(c5ccc(-c6nc7ccccc7o6)cc5)C(=O)[C@@H]4[C@@H]3C[C@H]3C(=O)N(c4ccccc4)C(=O)[C@@]23C)ccc1O. The molecule has 52 heavy (non-hydrogen) atoms. The first-order chi connectivity index (χ1) is 25.2. The van der Waals surface area contributed by atoms with Gasteiger partial charge in [0.05, 0.1) is 41.2 Å². The van der Waals surface area contributed by atoms with Gasteiger partial charge in [-0.3, -0.25) is 24.1 Å². The van der Waals surface area contributed by atoms with Crippen LogP contribution in [0.15, 0.2) is 113 Å². The van der Waals surface area contributed by atoms with E-state index in [9.17, 15) is 24.3 Å². The highest BCUT2D eigenvalue weighted by Crippen LogP contribution is 2.64. The predicted molar refractivity (Wildman–Crippen MR) is 192 cm³/mol. The number of nitrogens with zero attached hydrogens (tertiary/aromatic N) is 3. The molecule has 2 aliphatic carbocycles. The largest absolute Gasteiger partial charge is 0.504 e. The lowest BCUT2D eigenvalue weighted by Crippen LogP contribution is -2.48. The van der Waals surface area contributed by atoms with Crippen LogP contribution in [0.1, 0.15) is 38.2 Å². The van der Waals surface area contributed by atoms with Crippen molar-refractivity contribution >= 4 is 46.1 Å². The van der Waals surface area contributed by atoms with E-state index in [2.05, 4.69) is 4.98 Å². The third kappa shape index (κ3) is 4.52. The molecule has 0 radical (unpaired) electrons. The molecule has 6 atom stereocenters. The number of aromatic hydroxyl groups is 1. The Balaban J connectivity index is 1.10. The number of ether oxygens (including phenoxy) is 1. The summed E-state index contributed by atoms with van der Waals surface area (Å²) in [5.41, 5.74) is 3.40. The Kier molecular flexibility index (Phi) is 7.22. The number of hydrogen-bond acceptors (Lipinski definition) is 8. The molecule has 0 spiro atoms. The first kappa shape index (κ1) is 31.9. The summed E-state index contributed by atoms with van der Waals surface area (Å²) in [5, 5.41) is 10.6. The molecule has 3 fully saturated rings. The number of fused-ring (bicyclic) bond motifs is 5. The molecule has 2 aliphatic heterocycles. The van der Waals surface area contributed by atoms with Crippen LogP contribution in [0.5, 0.6) is 11.5 Å². The highest BCUT2D eigenvalue weighted by molar-refractivity contribution is 6.25. The Labute approximate surface area is 299 Å². The molecule has 1 N–H and O–H groups in total. The first-order valence-electron chi connectivity index (χ1n) is 17.6. The number of para-hydroxylation sites is 3. The second-order valence-electron chi connectivity index (χ2n) is 14.2. The summed E-state index contributed by atoms with van der Waals surface area (Å²) in [6.45, 7) is 3.98. The monoisotopic (exact) mass is 693 g/mol. The van der Waals surface area contributed by atoms with Crippen LogP contribution in [-0.2, 0) is 19.2 Å². The zero-order valence-electron chi connectivity index (χ0n) is 28.6. The fourth-order valence-corrected chi connectivity index (χ4v) is 9.20. The highest BCUT2D eigenvalue weighted by atomic mass is 16.5.